The van der Waals surface area contributed by atoms with Crippen LogP contribution in [0.25, 0.3) is 0 Å². The molecule has 3 saturated carbocycles. The van der Waals surface area contributed by atoms with Crippen LogP contribution in [0.15, 0.2) is 0 Å². The van der Waals surface area contributed by atoms with Crippen molar-refractivity contribution in [2.45, 2.75) is 57.8 Å². The summed E-state index contributed by atoms with van der Waals surface area (Å²) in [5.74, 6) is 3.25. The molecule has 0 aromatic carbocycles. The largest absolute Gasteiger partial charge is 0.319 e. The minimum atomic E-state index is 0.715. The maximum Gasteiger partial charge on any atom is 0.000767 e. The van der Waals surface area contributed by atoms with Crippen molar-refractivity contribution in [2.75, 3.05) is 13.6 Å². The summed E-state index contributed by atoms with van der Waals surface area (Å²) >= 11 is 0. The zero-order valence-corrected chi connectivity index (χ0v) is 10.8. The van der Waals surface area contributed by atoms with Crippen LogP contribution in [0.2, 0.25) is 0 Å². The number of nitrogens with one attached hydrogen (secondary N) is 1. The van der Waals surface area contributed by atoms with Gasteiger partial charge in [-0.05, 0) is 55.9 Å². The highest BCUT2D eigenvalue weighted by molar-refractivity contribution is 5.02. The molecule has 1 heteroatoms. The molecule has 3 rings (SSSR count). The van der Waals surface area contributed by atoms with E-state index < -0.39 is 0 Å². The molecule has 0 aromatic rings. The molecular formula is C15H27N. The lowest BCUT2D eigenvalue weighted by molar-refractivity contribution is 0.119. The van der Waals surface area contributed by atoms with Gasteiger partial charge in [-0.3, -0.25) is 0 Å². The Bertz CT molecular complexity index is 244. The predicted molar refractivity (Wildman–Crippen MR) is 68.4 cm³/mol. The zero-order valence-electron chi connectivity index (χ0n) is 10.8. The Morgan fingerprint density at radius 2 is 1.94 bits per heavy atom. The summed E-state index contributed by atoms with van der Waals surface area (Å²) in [6.07, 6.45) is 13.8. The summed E-state index contributed by atoms with van der Waals surface area (Å²) in [4.78, 5) is 0. The number of rotatable bonds is 4. The zero-order chi connectivity index (χ0) is 11.0. The van der Waals surface area contributed by atoms with Crippen LogP contribution in [0.5, 0.6) is 0 Å². The molecule has 0 spiro atoms. The quantitative estimate of drug-likeness (QED) is 0.765. The summed E-state index contributed by atoms with van der Waals surface area (Å²) in [7, 11) is 2.16. The molecule has 2 bridgehead atoms. The first-order chi connectivity index (χ1) is 7.82. The fourth-order valence-corrected chi connectivity index (χ4v) is 5.24. The molecule has 0 heterocycles. The highest BCUT2D eigenvalue weighted by Gasteiger charge is 2.50. The van der Waals surface area contributed by atoms with E-state index >= 15 is 0 Å². The van der Waals surface area contributed by atoms with E-state index in [0.29, 0.717) is 5.41 Å². The van der Waals surface area contributed by atoms with E-state index in [1.54, 1.807) is 32.1 Å². The van der Waals surface area contributed by atoms with Gasteiger partial charge in [0.15, 0.2) is 0 Å². The standard InChI is InChI=1S/C15H27N/c1-16-11-15(9-12-4-2-3-5-12)10-13-6-7-14(15)8-13/h12-14,16H,2-11H2,1H3. The molecule has 3 fully saturated rings. The van der Waals surface area contributed by atoms with Gasteiger partial charge in [0.2, 0.25) is 0 Å². The van der Waals surface area contributed by atoms with E-state index in [1.807, 2.05) is 0 Å². The van der Waals surface area contributed by atoms with Crippen molar-refractivity contribution in [3.05, 3.63) is 0 Å². The molecule has 0 aliphatic heterocycles. The Hall–Kier alpha value is -0.0400. The molecule has 1 nitrogen and oxygen atoms in total. The molecule has 1 N–H and O–H groups in total. The summed E-state index contributed by atoms with van der Waals surface area (Å²) in [6.45, 7) is 1.30. The van der Waals surface area contributed by atoms with Gasteiger partial charge in [0.05, 0.1) is 0 Å². The SMILES string of the molecule is CNCC1(CC2CCCC2)CC2CCC1C2. The second kappa shape index (κ2) is 4.33. The van der Waals surface area contributed by atoms with Crippen LogP contribution in [0.1, 0.15) is 57.8 Å². The fourth-order valence-electron chi connectivity index (χ4n) is 5.24. The minimum absolute atomic E-state index is 0.715. The molecule has 16 heavy (non-hydrogen) atoms. The minimum Gasteiger partial charge on any atom is -0.319 e. The van der Waals surface area contributed by atoms with E-state index in [9.17, 15) is 0 Å². The van der Waals surface area contributed by atoms with Crippen LogP contribution in [0, 0.1) is 23.2 Å². The summed E-state index contributed by atoms with van der Waals surface area (Å²) < 4.78 is 0. The van der Waals surface area contributed by atoms with E-state index in [0.717, 1.165) is 17.8 Å². The Labute approximate surface area is 100 Å². The maximum absolute atomic E-state index is 3.51. The summed E-state index contributed by atoms with van der Waals surface area (Å²) in [6, 6.07) is 0. The van der Waals surface area contributed by atoms with Crippen molar-refractivity contribution in [1.82, 2.24) is 5.32 Å². The molecule has 0 amide bonds. The number of hydrogen-bond acceptors (Lipinski definition) is 1. The summed E-state index contributed by atoms with van der Waals surface area (Å²) in [5, 5.41) is 3.51. The molecule has 3 aliphatic rings. The number of hydrogen-bond donors (Lipinski definition) is 1. The van der Waals surface area contributed by atoms with Gasteiger partial charge in [-0.15, -0.1) is 0 Å². The second-order valence-electron chi connectivity index (χ2n) is 6.83. The van der Waals surface area contributed by atoms with Gasteiger partial charge in [-0.1, -0.05) is 32.1 Å². The lowest BCUT2D eigenvalue weighted by Crippen LogP contribution is -2.38. The lowest BCUT2D eigenvalue weighted by Gasteiger charge is -2.40. The fraction of sp³-hybridized carbons (Fsp3) is 1.00. The normalized spacial score (nSPS) is 43.3. The van der Waals surface area contributed by atoms with Crippen LogP contribution in [-0.4, -0.2) is 13.6 Å². The van der Waals surface area contributed by atoms with E-state index in [2.05, 4.69) is 12.4 Å². The summed E-state index contributed by atoms with van der Waals surface area (Å²) in [5.41, 5.74) is 0.715. The molecule has 0 saturated heterocycles. The first-order valence-corrected chi connectivity index (χ1v) is 7.47. The van der Waals surface area contributed by atoms with Crippen molar-refractivity contribution in [1.29, 1.82) is 0 Å². The third-order valence-corrected chi connectivity index (χ3v) is 5.80. The van der Waals surface area contributed by atoms with Gasteiger partial charge >= 0.3 is 0 Å². The van der Waals surface area contributed by atoms with Crippen LogP contribution >= 0.6 is 0 Å². The third-order valence-electron chi connectivity index (χ3n) is 5.80. The first-order valence-electron chi connectivity index (χ1n) is 7.47. The van der Waals surface area contributed by atoms with Gasteiger partial charge in [0.1, 0.15) is 0 Å². The van der Waals surface area contributed by atoms with E-state index in [4.69, 9.17) is 0 Å². The molecular weight excluding hydrogens is 194 g/mol. The van der Waals surface area contributed by atoms with Crippen molar-refractivity contribution in [3.63, 3.8) is 0 Å². The van der Waals surface area contributed by atoms with Gasteiger partial charge < -0.3 is 5.32 Å². The monoisotopic (exact) mass is 221 g/mol. The van der Waals surface area contributed by atoms with Crippen LogP contribution in [-0.2, 0) is 0 Å². The van der Waals surface area contributed by atoms with Crippen molar-refractivity contribution in [2.24, 2.45) is 23.2 Å². The van der Waals surface area contributed by atoms with Crippen molar-refractivity contribution in [3.8, 4) is 0 Å². The number of fused-ring (bicyclic) bond motifs is 2. The third kappa shape index (κ3) is 1.81. The second-order valence-corrected chi connectivity index (χ2v) is 6.83. The lowest BCUT2D eigenvalue weighted by atomic mass is 9.67. The Kier molecular flexibility index (Phi) is 2.99. The van der Waals surface area contributed by atoms with E-state index in [1.165, 1.54) is 32.2 Å². The maximum atomic E-state index is 3.51. The van der Waals surface area contributed by atoms with Gasteiger partial charge in [0.25, 0.3) is 0 Å². The first kappa shape index (κ1) is 11.1. The predicted octanol–water partition coefficient (Wildman–Crippen LogP) is 3.59. The molecule has 3 aliphatic carbocycles. The molecule has 92 valence electrons. The smallest absolute Gasteiger partial charge is 0.000767 e. The average molecular weight is 221 g/mol. The molecule has 0 radical (unpaired) electrons. The van der Waals surface area contributed by atoms with Gasteiger partial charge in [0, 0.05) is 6.54 Å². The van der Waals surface area contributed by atoms with E-state index in [-0.39, 0.29) is 0 Å². The van der Waals surface area contributed by atoms with Gasteiger partial charge in [-0.25, -0.2) is 0 Å². The average Bonchev–Trinajstić information content (AvgIpc) is 2.93. The molecule has 3 unspecified atom stereocenters. The van der Waals surface area contributed by atoms with Gasteiger partial charge in [-0.2, -0.15) is 0 Å². The Morgan fingerprint density at radius 1 is 1.12 bits per heavy atom. The molecule has 0 aromatic heterocycles. The van der Waals surface area contributed by atoms with Crippen LogP contribution in [0.4, 0.5) is 0 Å². The highest BCUT2D eigenvalue weighted by Crippen LogP contribution is 2.59. The van der Waals surface area contributed by atoms with Crippen molar-refractivity contribution < 1.29 is 0 Å². The highest BCUT2D eigenvalue weighted by atomic mass is 14.8. The topological polar surface area (TPSA) is 12.0 Å². The Morgan fingerprint density at radius 3 is 2.50 bits per heavy atom. The molecule has 3 atom stereocenters. The van der Waals surface area contributed by atoms with Crippen molar-refractivity contribution >= 4 is 0 Å². The van der Waals surface area contributed by atoms with Crippen LogP contribution < -0.4 is 5.32 Å². The van der Waals surface area contributed by atoms with Crippen LogP contribution in [0.3, 0.4) is 0 Å². The Balaban J connectivity index is 1.70.